The van der Waals surface area contributed by atoms with E-state index in [1.165, 1.54) is 64.3 Å². The summed E-state index contributed by atoms with van der Waals surface area (Å²) in [4.78, 5) is 0. The van der Waals surface area contributed by atoms with Gasteiger partial charge in [0.2, 0.25) is 0 Å². The van der Waals surface area contributed by atoms with E-state index in [2.05, 4.69) is 36.5 Å². The van der Waals surface area contributed by atoms with Gasteiger partial charge in [0.25, 0.3) is 0 Å². The molecule has 0 spiro atoms. The van der Waals surface area contributed by atoms with Crippen LogP contribution in [-0.4, -0.2) is 6.54 Å². The van der Waals surface area contributed by atoms with Gasteiger partial charge in [0.15, 0.2) is 0 Å². The monoisotopic (exact) mass is 271 g/mol. The molecule has 110 valence electrons. The average Bonchev–Trinajstić information content (AvgIpc) is 2.64. The van der Waals surface area contributed by atoms with Crippen molar-refractivity contribution in [3.8, 4) is 0 Å². The number of hydrogen-bond acceptors (Lipinski definition) is 1. The molecular formula is C19H29N. The van der Waals surface area contributed by atoms with Crippen molar-refractivity contribution in [2.45, 2.75) is 76.2 Å². The van der Waals surface area contributed by atoms with Crippen LogP contribution < -0.4 is 5.32 Å². The van der Waals surface area contributed by atoms with Crippen LogP contribution in [0, 0.1) is 0 Å². The molecule has 1 atom stereocenters. The van der Waals surface area contributed by atoms with Crippen molar-refractivity contribution < 1.29 is 0 Å². The van der Waals surface area contributed by atoms with E-state index in [-0.39, 0.29) is 5.54 Å². The predicted octanol–water partition coefficient (Wildman–Crippen LogP) is 5.11. The summed E-state index contributed by atoms with van der Waals surface area (Å²) < 4.78 is 0. The SMILES string of the molecule is CCCC1(c2ccccc2C2CCC2)CCCCCN1. The first-order chi connectivity index (χ1) is 9.86. The third-order valence-electron chi connectivity index (χ3n) is 5.44. The van der Waals surface area contributed by atoms with Gasteiger partial charge in [0, 0.05) is 5.54 Å². The smallest absolute Gasteiger partial charge is 0.0437 e. The summed E-state index contributed by atoms with van der Waals surface area (Å²) in [5.41, 5.74) is 3.55. The fourth-order valence-electron chi connectivity index (χ4n) is 4.16. The second kappa shape index (κ2) is 6.30. The van der Waals surface area contributed by atoms with Crippen LogP contribution in [0.1, 0.15) is 81.8 Å². The van der Waals surface area contributed by atoms with Crippen molar-refractivity contribution in [3.05, 3.63) is 35.4 Å². The van der Waals surface area contributed by atoms with Crippen LogP contribution >= 0.6 is 0 Å². The van der Waals surface area contributed by atoms with Crippen molar-refractivity contribution in [2.75, 3.05) is 6.54 Å². The largest absolute Gasteiger partial charge is 0.307 e. The average molecular weight is 271 g/mol. The van der Waals surface area contributed by atoms with E-state index in [1.54, 1.807) is 11.1 Å². The van der Waals surface area contributed by atoms with Gasteiger partial charge < -0.3 is 5.32 Å². The lowest BCUT2D eigenvalue weighted by atomic mass is 9.72. The Bertz CT molecular complexity index is 425. The molecule has 0 amide bonds. The molecule has 1 heterocycles. The van der Waals surface area contributed by atoms with E-state index in [4.69, 9.17) is 0 Å². The van der Waals surface area contributed by atoms with E-state index in [0.29, 0.717) is 0 Å². The Hall–Kier alpha value is -0.820. The van der Waals surface area contributed by atoms with Crippen LogP contribution in [0.25, 0.3) is 0 Å². The summed E-state index contributed by atoms with van der Waals surface area (Å²) in [6.07, 6.45) is 12.2. The molecule has 1 aromatic rings. The Balaban J connectivity index is 1.97. The first-order valence-corrected chi connectivity index (χ1v) is 8.70. The zero-order chi connectivity index (χ0) is 13.8. The first kappa shape index (κ1) is 14.1. The Labute approximate surface area is 124 Å². The maximum Gasteiger partial charge on any atom is 0.0437 e. The second-order valence-electron chi connectivity index (χ2n) is 6.78. The third-order valence-corrected chi connectivity index (χ3v) is 5.44. The quantitative estimate of drug-likeness (QED) is 0.802. The number of hydrogen-bond donors (Lipinski definition) is 1. The summed E-state index contributed by atoms with van der Waals surface area (Å²) in [7, 11) is 0. The van der Waals surface area contributed by atoms with Crippen LogP contribution in [0.15, 0.2) is 24.3 Å². The summed E-state index contributed by atoms with van der Waals surface area (Å²) in [6, 6.07) is 9.32. The van der Waals surface area contributed by atoms with Crippen molar-refractivity contribution >= 4 is 0 Å². The molecule has 1 aliphatic carbocycles. The summed E-state index contributed by atoms with van der Waals surface area (Å²) >= 11 is 0. The van der Waals surface area contributed by atoms with E-state index >= 15 is 0 Å². The molecule has 2 aliphatic rings. The zero-order valence-corrected chi connectivity index (χ0v) is 13.0. The fraction of sp³-hybridized carbons (Fsp3) is 0.684. The Morgan fingerprint density at radius 1 is 1.10 bits per heavy atom. The Kier molecular flexibility index (Phi) is 4.45. The van der Waals surface area contributed by atoms with Crippen LogP contribution in [-0.2, 0) is 5.54 Å². The topological polar surface area (TPSA) is 12.0 Å². The van der Waals surface area contributed by atoms with Crippen molar-refractivity contribution in [1.29, 1.82) is 0 Å². The van der Waals surface area contributed by atoms with Gasteiger partial charge in [-0.05, 0) is 55.7 Å². The van der Waals surface area contributed by atoms with Crippen molar-refractivity contribution in [2.24, 2.45) is 0 Å². The van der Waals surface area contributed by atoms with Gasteiger partial charge in [-0.2, -0.15) is 0 Å². The molecule has 0 bridgehead atoms. The van der Waals surface area contributed by atoms with Gasteiger partial charge in [-0.3, -0.25) is 0 Å². The molecule has 0 radical (unpaired) electrons. The summed E-state index contributed by atoms with van der Waals surface area (Å²) in [6.45, 7) is 3.53. The molecule has 1 unspecified atom stereocenters. The molecule has 20 heavy (non-hydrogen) atoms. The molecule has 1 heteroatoms. The molecule has 2 fully saturated rings. The van der Waals surface area contributed by atoms with E-state index < -0.39 is 0 Å². The molecule has 1 aromatic carbocycles. The Morgan fingerprint density at radius 2 is 1.95 bits per heavy atom. The fourth-order valence-corrected chi connectivity index (χ4v) is 4.16. The minimum Gasteiger partial charge on any atom is -0.307 e. The standard InChI is InChI=1S/C19H29N/c1-2-13-19(14-6-3-7-15-20-19)18-12-5-4-11-17(18)16-9-8-10-16/h4-5,11-12,16,20H,2-3,6-10,13-15H2,1H3. The highest BCUT2D eigenvalue weighted by Crippen LogP contribution is 2.43. The van der Waals surface area contributed by atoms with E-state index in [0.717, 1.165) is 5.92 Å². The second-order valence-corrected chi connectivity index (χ2v) is 6.78. The Morgan fingerprint density at radius 3 is 2.70 bits per heavy atom. The highest BCUT2D eigenvalue weighted by molar-refractivity contribution is 5.37. The van der Waals surface area contributed by atoms with Crippen LogP contribution in [0.4, 0.5) is 0 Å². The van der Waals surface area contributed by atoms with Gasteiger partial charge in [-0.25, -0.2) is 0 Å². The zero-order valence-electron chi connectivity index (χ0n) is 13.0. The minimum absolute atomic E-state index is 0.261. The van der Waals surface area contributed by atoms with Gasteiger partial charge in [0.1, 0.15) is 0 Å². The molecule has 1 nitrogen and oxygen atoms in total. The lowest BCUT2D eigenvalue weighted by Gasteiger charge is -2.39. The van der Waals surface area contributed by atoms with E-state index in [1.807, 2.05) is 0 Å². The minimum atomic E-state index is 0.261. The van der Waals surface area contributed by atoms with Crippen LogP contribution in [0.3, 0.4) is 0 Å². The van der Waals surface area contributed by atoms with Crippen LogP contribution in [0.2, 0.25) is 0 Å². The molecule has 1 saturated carbocycles. The predicted molar refractivity (Wildman–Crippen MR) is 86.1 cm³/mol. The first-order valence-electron chi connectivity index (χ1n) is 8.70. The third kappa shape index (κ3) is 2.65. The molecular weight excluding hydrogens is 242 g/mol. The number of nitrogens with one attached hydrogen (secondary N) is 1. The van der Waals surface area contributed by atoms with Crippen LogP contribution in [0.5, 0.6) is 0 Å². The number of rotatable bonds is 4. The molecule has 3 rings (SSSR count). The maximum absolute atomic E-state index is 3.96. The molecule has 0 aromatic heterocycles. The summed E-state index contributed by atoms with van der Waals surface area (Å²) in [5.74, 6) is 0.838. The van der Waals surface area contributed by atoms with Gasteiger partial charge >= 0.3 is 0 Å². The summed E-state index contributed by atoms with van der Waals surface area (Å²) in [5, 5.41) is 3.96. The molecule has 1 N–H and O–H groups in total. The van der Waals surface area contributed by atoms with Gasteiger partial charge in [0.05, 0.1) is 0 Å². The molecule has 1 aliphatic heterocycles. The lowest BCUT2D eigenvalue weighted by molar-refractivity contribution is 0.289. The highest BCUT2D eigenvalue weighted by Gasteiger charge is 2.35. The highest BCUT2D eigenvalue weighted by atomic mass is 15.0. The van der Waals surface area contributed by atoms with Gasteiger partial charge in [-0.15, -0.1) is 0 Å². The lowest BCUT2D eigenvalue weighted by Crippen LogP contribution is -2.43. The normalized spacial score (nSPS) is 27.9. The maximum atomic E-state index is 3.96. The molecule has 1 saturated heterocycles. The number of benzene rings is 1. The van der Waals surface area contributed by atoms with E-state index in [9.17, 15) is 0 Å². The van der Waals surface area contributed by atoms with Gasteiger partial charge in [-0.1, -0.05) is 56.9 Å². The van der Waals surface area contributed by atoms with Crippen molar-refractivity contribution in [3.63, 3.8) is 0 Å². The van der Waals surface area contributed by atoms with Crippen molar-refractivity contribution in [1.82, 2.24) is 5.32 Å².